The second-order valence-electron chi connectivity index (χ2n) is 6.74. The molecule has 1 saturated heterocycles. The number of nitrogens with zero attached hydrogens (tertiary/aromatic N) is 1. The number of nitrogens with two attached hydrogens (primary N) is 1. The highest BCUT2D eigenvalue weighted by atomic mass is 35.5. The molecule has 24 heavy (non-hydrogen) atoms. The van der Waals surface area contributed by atoms with Crippen molar-refractivity contribution in [3.63, 3.8) is 0 Å². The zero-order valence-corrected chi connectivity index (χ0v) is 14.5. The highest BCUT2D eigenvalue weighted by Gasteiger charge is 2.42. The molecule has 1 aromatic rings. The third kappa shape index (κ3) is 3.66. The van der Waals surface area contributed by atoms with Crippen LogP contribution in [0.5, 0.6) is 0 Å². The Bertz CT molecular complexity index is 584. The molecular weight excluding hydrogens is 328 g/mol. The number of carboxylic acids is 1. The van der Waals surface area contributed by atoms with Gasteiger partial charge in [0.25, 0.3) is 0 Å². The Morgan fingerprint density at radius 3 is 2.21 bits per heavy atom. The lowest BCUT2D eigenvalue weighted by atomic mass is 9.76. The predicted octanol–water partition coefficient (Wildman–Crippen LogP) is 3.07. The highest BCUT2D eigenvalue weighted by Crippen LogP contribution is 2.40. The summed E-state index contributed by atoms with van der Waals surface area (Å²) in [5.41, 5.74) is 6.87. The van der Waals surface area contributed by atoms with E-state index in [0.717, 1.165) is 18.7 Å². The number of anilines is 1. The molecule has 2 fully saturated rings. The van der Waals surface area contributed by atoms with Crippen LogP contribution in [0.3, 0.4) is 0 Å². The van der Waals surface area contributed by atoms with E-state index in [-0.39, 0.29) is 29.9 Å². The van der Waals surface area contributed by atoms with Gasteiger partial charge >= 0.3 is 5.97 Å². The van der Waals surface area contributed by atoms with Gasteiger partial charge in [0.05, 0.1) is 5.56 Å². The van der Waals surface area contributed by atoms with Gasteiger partial charge in [0.1, 0.15) is 6.04 Å². The molecule has 1 heterocycles. The maximum absolute atomic E-state index is 12.1. The van der Waals surface area contributed by atoms with Crippen molar-refractivity contribution in [3.8, 4) is 0 Å². The summed E-state index contributed by atoms with van der Waals surface area (Å²) in [7, 11) is 0. The number of carbonyl (C=O) groups excluding carboxylic acids is 1. The van der Waals surface area contributed by atoms with Gasteiger partial charge in [-0.05, 0) is 42.5 Å². The van der Waals surface area contributed by atoms with Crippen LogP contribution in [0.1, 0.15) is 48.9 Å². The molecule has 2 atom stereocenters. The average Bonchev–Trinajstić information content (AvgIpc) is 3.01. The number of benzene rings is 1. The van der Waals surface area contributed by atoms with E-state index >= 15 is 0 Å². The Balaban J connectivity index is 0.00000208. The number of carbonyl (C=O) groups is 2. The van der Waals surface area contributed by atoms with Gasteiger partial charge in [-0.3, -0.25) is 4.79 Å². The second-order valence-corrected chi connectivity index (χ2v) is 6.74. The van der Waals surface area contributed by atoms with Gasteiger partial charge in [-0.25, -0.2) is 4.79 Å². The molecule has 1 saturated carbocycles. The largest absolute Gasteiger partial charge is 0.478 e. The zero-order chi connectivity index (χ0) is 16.4. The fourth-order valence-electron chi connectivity index (χ4n) is 4.32. The molecule has 0 radical (unpaired) electrons. The predicted molar refractivity (Wildman–Crippen MR) is 95.7 cm³/mol. The molecule has 1 aliphatic carbocycles. The number of carboxylic acid groups (broad SMARTS) is 1. The van der Waals surface area contributed by atoms with Crippen LogP contribution in [0, 0.1) is 11.8 Å². The summed E-state index contributed by atoms with van der Waals surface area (Å²) in [5.74, 6) is -0.290. The second kappa shape index (κ2) is 7.88. The van der Waals surface area contributed by atoms with Crippen LogP contribution >= 0.6 is 12.4 Å². The lowest BCUT2D eigenvalue weighted by Gasteiger charge is -2.33. The van der Waals surface area contributed by atoms with Crippen molar-refractivity contribution in [3.05, 3.63) is 29.8 Å². The van der Waals surface area contributed by atoms with Gasteiger partial charge in [-0.2, -0.15) is 0 Å². The SMILES string of the molecule is Cl.NC(=O)C1C(C2CCCCC2)CCN1c1ccc(C(=O)O)cc1. The number of hydrogen-bond donors (Lipinski definition) is 2. The summed E-state index contributed by atoms with van der Waals surface area (Å²) in [6, 6.07) is 6.47. The van der Waals surface area contributed by atoms with Crippen LogP contribution < -0.4 is 10.6 Å². The quantitative estimate of drug-likeness (QED) is 0.872. The molecule has 1 amide bonds. The van der Waals surface area contributed by atoms with Gasteiger partial charge in [-0.1, -0.05) is 32.1 Å². The van der Waals surface area contributed by atoms with Crippen molar-refractivity contribution in [2.75, 3.05) is 11.4 Å². The first-order valence-corrected chi connectivity index (χ1v) is 8.47. The van der Waals surface area contributed by atoms with Gasteiger partial charge in [-0.15, -0.1) is 12.4 Å². The number of rotatable bonds is 4. The van der Waals surface area contributed by atoms with Gasteiger partial charge in [0.2, 0.25) is 5.91 Å². The topological polar surface area (TPSA) is 83.6 Å². The minimum Gasteiger partial charge on any atom is -0.478 e. The van der Waals surface area contributed by atoms with Crippen LogP contribution in [0.25, 0.3) is 0 Å². The molecule has 3 rings (SSSR count). The highest BCUT2D eigenvalue weighted by molar-refractivity contribution is 5.89. The molecule has 1 aliphatic heterocycles. The van der Waals surface area contributed by atoms with E-state index in [1.54, 1.807) is 24.3 Å². The smallest absolute Gasteiger partial charge is 0.335 e. The van der Waals surface area contributed by atoms with Crippen molar-refractivity contribution in [2.24, 2.45) is 17.6 Å². The minimum absolute atomic E-state index is 0. The normalized spacial score (nSPS) is 24.4. The summed E-state index contributed by atoms with van der Waals surface area (Å²) < 4.78 is 0. The first-order chi connectivity index (χ1) is 11.1. The summed E-state index contributed by atoms with van der Waals surface area (Å²) in [4.78, 5) is 25.1. The van der Waals surface area contributed by atoms with Crippen molar-refractivity contribution >= 4 is 30.0 Å². The summed E-state index contributed by atoms with van der Waals surface area (Å²) in [6.45, 7) is 0.807. The first-order valence-electron chi connectivity index (χ1n) is 8.47. The molecule has 6 heteroatoms. The van der Waals surface area contributed by atoms with E-state index in [9.17, 15) is 9.59 Å². The zero-order valence-electron chi connectivity index (χ0n) is 13.7. The minimum atomic E-state index is -0.940. The van der Waals surface area contributed by atoms with Crippen LogP contribution in [-0.2, 0) is 4.79 Å². The fraction of sp³-hybridized carbons (Fsp3) is 0.556. The molecule has 3 N–H and O–H groups in total. The Kier molecular flexibility index (Phi) is 6.10. The molecule has 0 bridgehead atoms. The summed E-state index contributed by atoms with van der Waals surface area (Å²) in [5, 5.41) is 9.01. The monoisotopic (exact) mass is 352 g/mol. The van der Waals surface area contributed by atoms with Gasteiger partial charge in [0.15, 0.2) is 0 Å². The fourth-order valence-corrected chi connectivity index (χ4v) is 4.32. The van der Waals surface area contributed by atoms with Crippen molar-refractivity contribution < 1.29 is 14.7 Å². The maximum atomic E-state index is 12.1. The Morgan fingerprint density at radius 1 is 1.04 bits per heavy atom. The van der Waals surface area contributed by atoms with E-state index in [0.29, 0.717) is 11.8 Å². The number of aromatic carboxylic acids is 1. The number of primary amides is 1. The first kappa shape index (κ1) is 18.6. The molecule has 0 spiro atoms. The molecule has 2 unspecified atom stereocenters. The van der Waals surface area contributed by atoms with Crippen molar-refractivity contribution in [1.82, 2.24) is 0 Å². The van der Waals surface area contributed by atoms with E-state index < -0.39 is 5.97 Å². The molecule has 0 aromatic heterocycles. The van der Waals surface area contributed by atoms with Crippen LogP contribution in [0.15, 0.2) is 24.3 Å². The van der Waals surface area contributed by atoms with Crippen molar-refractivity contribution in [2.45, 2.75) is 44.6 Å². The summed E-state index contributed by atoms with van der Waals surface area (Å²) in [6.07, 6.45) is 7.17. The molecule has 5 nitrogen and oxygen atoms in total. The number of hydrogen-bond acceptors (Lipinski definition) is 3. The van der Waals surface area contributed by atoms with Gasteiger partial charge in [0, 0.05) is 12.2 Å². The standard InChI is InChI=1S/C18H24N2O3.ClH/c19-17(21)16-15(12-4-2-1-3-5-12)10-11-20(16)14-8-6-13(7-9-14)18(22)23;/h6-9,12,15-16H,1-5,10-11H2,(H2,19,21)(H,22,23);1H. The third-order valence-electron chi connectivity index (χ3n) is 5.44. The summed E-state index contributed by atoms with van der Waals surface area (Å²) >= 11 is 0. The lowest BCUT2D eigenvalue weighted by molar-refractivity contribution is -0.120. The van der Waals surface area contributed by atoms with Gasteiger partial charge < -0.3 is 15.7 Å². The molecule has 1 aromatic carbocycles. The number of amides is 1. The average molecular weight is 353 g/mol. The molecular formula is C18H25ClN2O3. The maximum Gasteiger partial charge on any atom is 0.335 e. The van der Waals surface area contributed by atoms with Crippen molar-refractivity contribution in [1.29, 1.82) is 0 Å². The van der Waals surface area contributed by atoms with Crippen LogP contribution in [0.4, 0.5) is 5.69 Å². The van der Waals surface area contributed by atoms with E-state index in [2.05, 4.69) is 4.90 Å². The molecule has 2 aliphatic rings. The van der Waals surface area contributed by atoms with E-state index in [1.807, 2.05) is 0 Å². The molecule has 132 valence electrons. The Morgan fingerprint density at radius 2 is 1.67 bits per heavy atom. The van der Waals surface area contributed by atoms with E-state index in [4.69, 9.17) is 10.8 Å². The number of halogens is 1. The Labute approximate surface area is 148 Å². The van der Waals surface area contributed by atoms with Crippen LogP contribution in [-0.4, -0.2) is 29.6 Å². The lowest BCUT2D eigenvalue weighted by Crippen LogP contribution is -2.46. The Hall–Kier alpha value is -1.75. The van der Waals surface area contributed by atoms with E-state index in [1.165, 1.54) is 32.1 Å². The third-order valence-corrected chi connectivity index (χ3v) is 5.44. The van der Waals surface area contributed by atoms with Crippen LogP contribution in [0.2, 0.25) is 0 Å².